The van der Waals surface area contributed by atoms with Gasteiger partial charge in [-0.1, -0.05) is 152 Å². The molecule has 0 atom stereocenters. The average Bonchev–Trinajstić information content (AvgIpc) is 3.86. The van der Waals surface area contributed by atoms with Gasteiger partial charge in [-0.3, -0.25) is 9.13 Å². The highest BCUT2D eigenvalue weighted by Gasteiger charge is 2.21. The van der Waals surface area contributed by atoms with Gasteiger partial charge in [0.25, 0.3) is 0 Å². The van der Waals surface area contributed by atoms with E-state index in [9.17, 15) is 0 Å². The smallest absolute Gasteiger partial charge is 0.145 e. The minimum absolute atomic E-state index is 0.921. The van der Waals surface area contributed by atoms with Gasteiger partial charge < -0.3 is 0 Å². The topological polar surface area (TPSA) is 35.6 Å². The van der Waals surface area contributed by atoms with E-state index in [0.717, 1.165) is 61.8 Å². The van der Waals surface area contributed by atoms with E-state index in [1.165, 1.54) is 38.2 Å². The molecule has 2 aromatic heterocycles. The molecular weight excluding hydrogens is 681 g/mol. The molecule has 262 valence electrons. The van der Waals surface area contributed by atoms with Gasteiger partial charge in [0, 0.05) is 22.5 Å². The fourth-order valence-corrected chi connectivity index (χ4v) is 8.44. The second-order valence-corrected chi connectivity index (χ2v) is 14.2. The van der Waals surface area contributed by atoms with Gasteiger partial charge in [-0.25, -0.2) is 9.97 Å². The summed E-state index contributed by atoms with van der Waals surface area (Å²) in [5, 5.41) is 4.81. The van der Waals surface area contributed by atoms with Crippen LogP contribution < -0.4 is 0 Å². The van der Waals surface area contributed by atoms with E-state index < -0.39 is 0 Å². The third-order valence-corrected chi connectivity index (χ3v) is 10.9. The fourth-order valence-electron chi connectivity index (χ4n) is 8.44. The lowest BCUT2D eigenvalue weighted by Crippen LogP contribution is -1.98. The van der Waals surface area contributed by atoms with Crippen LogP contribution in [0.15, 0.2) is 206 Å². The van der Waals surface area contributed by atoms with Crippen molar-refractivity contribution in [1.29, 1.82) is 0 Å². The molecule has 11 aromatic rings. The molecule has 0 unspecified atom stereocenters. The normalized spacial score (nSPS) is 11.6. The molecule has 9 aromatic carbocycles. The van der Waals surface area contributed by atoms with E-state index in [-0.39, 0.29) is 0 Å². The van der Waals surface area contributed by atoms with Crippen molar-refractivity contribution >= 4 is 43.6 Å². The minimum Gasteiger partial charge on any atom is -0.292 e. The molecule has 0 fully saturated rings. The number of aromatic nitrogens is 4. The summed E-state index contributed by atoms with van der Waals surface area (Å²) in [6.45, 7) is 0. The summed E-state index contributed by atoms with van der Waals surface area (Å²) in [7, 11) is 0. The molecule has 11 rings (SSSR count). The maximum Gasteiger partial charge on any atom is 0.145 e. The van der Waals surface area contributed by atoms with Crippen LogP contribution in [0.1, 0.15) is 0 Å². The summed E-state index contributed by atoms with van der Waals surface area (Å²) in [5.74, 6) is 1.84. The summed E-state index contributed by atoms with van der Waals surface area (Å²) >= 11 is 0. The molecule has 2 heterocycles. The molecule has 0 bridgehead atoms. The van der Waals surface area contributed by atoms with Crippen molar-refractivity contribution in [2.24, 2.45) is 0 Å². The number of fused-ring (bicyclic) bond motifs is 5. The Morgan fingerprint density at radius 2 is 0.696 bits per heavy atom. The van der Waals surface area contributed by atoms with Crippen molar-refractivity contribution in [3.05, 3.63) is 206 Å². The molecular formula is C52H34N4. The largest absolute Gasteiger partial charge is 0.292 e. The highest BCUT2D eigenvalue weighted by atomic mass is 15.1. The van der Waals surface area contributed by atoms with E-state index in [0.29, 0.717) is 0 Å². The molecule has 0 aliphatic rings. The van der Waals surface area contributed by atoms with Crippen LogP contribution in [-0.4, -0.2) is 19.1 Å². The van der Waals surface area contributed by atoms with E-state index >= 15 is 0 Å². The van der Waals surface area contributed by atoms with Crippen LogP contribution in [-0.2, 0) is 0 Å². The van der Waals surface area contributed by atoms with Crippen molar-refractivity contribution in [1.82, 2.24) is 19.1 Å². The van der Waals surface area contributed by atoms with Crippen LogP contribution in [0.4, 0.5) is 0 Å². The summed E-state index contributed by atoms with van der Waals surface area (Å²) in [6, 6.07) is 73.3. The molecule has 0 amide bonds. The Bertz CT molecular complexity index is 3220. The van der Waals surface area contributed by atoms with Crippen LogP contribution in [0.3, 0.4) is 0 Å². The SMILES string of the molecule is c1ccc(-c2c(-c3ccc(-c4nc5ccccc5n4-c4ccccc4)cc3)c3ccccc3c3cc(-c4nc5ccccc5n4-c4ccccc4)ccc23)cc1. The van der Waals surface area contributed by atoms with Crippen molar-refractivity contribution in [3.8, 4) is 56.4 Å². The minimum atomic E-state index is 0.921. The second-order valence-electron chi connectivity index (χ2n) is 14.2. The molecule has 0 radical (unpaired) electrons. The number of benzene rings is 9. The summed E-state index contributed by atoms with van der Waals surface area (Å²) in [6.07, 6.45) is 0. The van der Waals surface area contributed by atoms with Gasteiger partial charge >= 0.3 is 0 Å². The zero-order valence-corrected chi connectivity index (χ0v) is 30.4. The Morgan fingerprint density at radius 1 is 0.286 bits per heavy atom. The second kappa shape index (κ2) is 13.1. The molecule has 56 heavy (non-hydrogen) atoms. The number of hydrogen-bond donors (Lipinski definition) is 0. The molecule has 0 aliphatic heterocycles. The van der Waals surface area contributed by atoms with Crippen molar-refractivity contribution in [2.75, 3.05) is 0 Å². The van der Waals surface area contributed by atoms with Crippen LogP contribution in [0, 0.1) is 0 Å². The number of nitrogens with zero attached hydrogens (tertiary/aromatic N) is 4. The Kier molecular flexibility index (Phi) is 7.46. The van der Waals surface area contributed by atoms with Gasteiger partial charge in [-0.2, -0.15) is 0 Å². The van der Waals surface area contributed by atoms with Crippen LogP contribution in [0.2, 0.25) is 0 Å². The average molecular weight is 715 g/mol. The van der Waals surface area contributed by atoms with Gasteiger partial charge in [0.1, 0.15) is 11.6 Å². The first kappa shape index (κ1) is 31.9. The lowest BCUT2D eigenvalue weighted by Gasteiger charge is -2.19. The Labute approximate surface area is 324 Å². The first-order valence-electron chi connectivity index (χ1n) is 19.0. The third kappa shape index (κ3) is 5.15. The molecule has 0 saturated carbocycles. The Balaban J connectivity index is 1.13. The number of hydrogen-bond acceptors (Lipinski definition) is 2. The maximum absolute atomic E-state index is 5.22. The van der Waals surface area contributed by atoms with E-state index in [1.807, 2.05) is 0 Å². The summed E-state index contributed by atoms with van der Waals surface area (Å²) in [5.41, 5.74) is 13.2. The predicted molar refractivity (Wildman–Crippen MR) is 232 cm³/mol. The van der Waals surface area contributed by atoms with Gasteiger partial charge in [0.15, 0.2) is 0 Å². The first-order valence-corrected chi connectivity index (χ1v) is 19.0. The number of para-hydroxylation sites is 6. The van der Waals surface area contributed by atoms with Gasteiger partial charge in [-0.05, 0) is 98.4 Å². The lowest BCUT2D eigenvalue weighted by molar-refractivity contribution is 1.10. The van der Waals surface area contributed by atoms with Crippen LogP contribution >= 0.6 is 0 Å². The molecule has 4 heteroatoms. The monoisotopic (exact) mass is 714 g/mol. The molecule has 0 N–H and O–H groups in total. The van der Waals surface area contributed by atoms with Crippen molar-refractivity contribution < 1.29 is 0 Å². The molecule has 0 saturated heterocycles. The van der Waals surface area contributed by atoms with E-state index in [4.69, 9.17) is 9.97 Å². The van der Waals surface area contributed by atoms with Gasteiger partial charge in [0.05, 0.1) is 22.1 Å². The molecule has 4 nitrogen and oxygen atoms in total. The van der Waals surface area contributed by atoms with Crippen molar-refractivity contribution in [3.63, 3.8) is 0 Å². The highest BCUT2D eigenvalue weighted by molar-refractivity contribution is 6.22. The first-order chi connectivity index (χ1) is 27.8. The predicted octanol–water partition coefficient (Wildman–Crippen LogP) is 13.3. The fraction of sp³-hybridized carbons (Fsp3) is 0. The van der Waals surface area contributed by atoms with E-state index in [1.54, 1.807) is 0 Å². The Hall–Kier alpha value is -7.56. The summed E-state index contributed by atoms with van der Waals surface area (Å²) < 4.78 is 4.54. The van der Waals surface area contributed by atoms with Gasteiger partial charge in [0.2, 0.25) is 0 Å². The zero-order chi connectivity index (χ0) is 37.0. The van der Waals surface area contributed by atoms with Crippen LogP contribution in [0.5, 0.6) is 0 Å². The quantitative estimate of drug-likeness (QED) is 0.161. The van der Waals surface area contributed by atoms with Gasteiger partial charge in [-0.15, -0.1) is 0 Å². The lowest BCUT2D eigenvalue weighted by atomic mass is 9.84. The van der Waals surface area contributed by atoms with Crippen molar-refractivity contribution in [2.45, 2.75) is 0 Å². The standard InChI is InChI=1S/C52H34N4/c1-4-16-35(17-5-1)49-43-33-32-38(52-54-46-25-13-15-27-48(46)56(52)40-20-8-3-9-21-40)34-44(43)41-22-10-11-23-42(41)50(49)36-28-30-37(31-29-36)51-53-45-24-12-14-26-47(45)55(51)39-18-6-2-7-19-39/h1-34H. The molecule has 0 aliphatic carbocycles. The highest BCUT2D eigenvalue weighted by Crippen LogP contribution is 2.46. The van der Waals surface area contributed by atoms with Crippen LogP contribution in [0.25, 0.3) is 100 Å². The Morgan fingerprint density at radius 3 is 1.29 bits per heavy atom. The maximum atomic E-state index is 5.22. The number of rotatable bonds is 6. The zero-order valence-electron chi connectivity index (χ0n) is 30.4. The molecule has 0 spiro atoms. The third-order valence-electron chi connectivity index (χ3n) is 10.9. The van der Waals surface area contributed by atoms with E-state index in [2.05, 4.69) is 215 Å². The summed E-state index contributed by atoms with van der Waals surface area (Å²) in [4.78, 5) is 10.4. The number of imidazole rings is 2.